The first kappa shape index (κ1) is 35.9. The molecule has 0 saturated heterocycles. The van der Waals surface area contributed by atoms with Crippen LogP contribution in [0.1, 0.15) is 44.6 Å². The van der Waals surface area contributed by atoms with E-state index < -0.39 is 5.91 Å². The maximum absolute atomic E-state index is 12.1. The first-order chi connectivity index (χ1) is 28.9. The number of aromatic amines is 2. The summed E-state index contributed by atoms with van der Waals surface area (Å²) >= 11 is 0. The number of anilines is 2. The number of aromatic nitrogens is 10. The van der Waals surface area contributed by atoms with Gasteiger partial charge in [-0.1, -0.05) is 78.9 Å². The molecule has 21 nitrogen and oxygen atoms in total. The number of carbonyl (C=O) groups excluding carboxylic acids is 2. The van der Waals surface area contributed by atoms with Gasteiger partial charge in [0.2, 0.25) is 22.8 Å². The number of azo groups is 1. The summed E-state index contributed by atoms with van der Waals surface area (Å²) in [4.78, 5) is 48.8. The predicted molar refractivity (Wildman–Crippen MR) is 209 cm³/mol. The van der Waals surface area contributed by atoms with Gasteiger partial charge in [-0.2, -0.15) is 10.2 Å². The van der Waals surface area contributed by atoms with Crippen LogP contribution in [0.4, 0.5) is 17.3 Å². The maximum Gasteiger partial charge on any atom is 0.321 e. The van der Waals surface area contributed by atoms with Crippen molar-refractivity contribution in [3.8, 4) is 22.6 Å². The summed E-state index contributed by atoms with van der Waals surface area (Å²) in [6, 6.07) is 24.7. The fourth-order valence-electron chi connectivity index (χ4n) is 6.16. The number of hydrogen-bond acceptors (Lipinski definition) is 18. The number of rotatable bonds is 9. The standard InChI is InChI=1S/C23H18N8O2.C15H9N9O2/c1-14(32)16-9-7-15(8-10-16)11-19-21(27-23-22(26-19)30-33-31-23)29-25-13-18-12-24-28-20(18)17-5-3-2-4-6-17;16-12-11(23-26-24-12)15(25)22-21-9-7-4-2-1-3-6(7)8-10(9)20-14-13(19-8)17-5-18-14/h2-10,12-13H,11H2,1H3,(H,24,28)(H,27,29,31);1-4H,5H2,(H2,16,24)(H,18,20)/b25-13+;. The summed E-state index contributed by atoms with van der Waals surface area (Å²) in [5, 5.41) is 35.3. The Hall–Kier alpha value is -8.75. The lowest BCUT2D eigenvalue weighted by atomic mass is 10.1. The lowest BCUT2D eigenvalue weighted by molar-refractivity contribution is 0.0984. The van der Waals surface area contributed by atoms with Crippen LogP contribution in [0.15, 0.2) is 120 Å². The number of nitrogen functional groups attached to an aromatic ring is 1. The van der Waals surface area contributed by atoms with E-state index in [1.54, 1.807) is 24.5 Å². The lowest BCUT2D eigenvalue weighted by Crippen LogP contribution is -2.30. The van der Waals surface area contributed by atoms with Crippen LogP contribution in [-0.2, 0) is 6.42 Å². The van der Waals surface area contributed by atoms with Crippen LogP contribution in [0.5, 0.6) is 0 Å². The zero-order valence-electron chi connectivity index (χ0n) is 30.6. The van der Waals surface area contributed by atoms with Gasteiger partial charge < -0.3 is 10.7 Å². The molecule has 10 rings (SSSR count). The van der Waals surface area contributed by atoms with Crippen molar-refractivity contribution in [3.63, 3.8) is 0 Å². The van der Waals surface area contributed by atoms with E-state index in [0.717, 1.165) is 33.2 Å². The second kappa shape index (κ2) is 15.4. The second-order valence-corrected chi connectivity index (χ2v) is 12.8. The Morgan fingerprint density at radius 1 is 0.864 bits per heavy atom. The van der Waals surface area contributed by atoms with Crippen LogP contribution in [0.2, 0.25) is 0 Å². The molecule has 3 aromatic carbocycles. The molecular formula is C38H27N17O4. The van der Waals surface area contributed by atoms with Gasteiger partial charge in [-0.3, -0.25) is 20.1 Å². The van der Waals surface area contributed by atoms with Crippen LogP contribution in [0, 0.1) is 0 Å². The van der Waals surface area contributed by atoms with E-state index in [1.165, 1.54) is 6.92 Å². The number of amides is 1. The molecule has 0 saturated carbocycles. The molecule has 1 aliphatic carbocycles. The highest BCUT2D eigenvalue weighted by Gasteiger charge is 2.23. The monoisotopic (exact) mass is 785 g/mol. The van der Waals surface area contributed by atoms with Crippen LogP contribution >= 0.6 is 0 Å². The molecule has 59 heavy (non-hydrogen) atoms. The lowest BCUT2D eigenvalue weighted by Gasteiger charge is -2.07. The number of hydrazone groups is 1. The maximum atomic E-state index is 12.1. The number of H-pyrrole nitrogens is 2. The largest absolute Gasteiger partial charge is 0.379 e. The van der Waals surface area contributed by atoms with Gasteiger partial charge >= 0.3 is 5.91 Å². The van der Waals surface area contributed by atoms with E-state index in [1.807, 2.05) is 66.7 Å². The summed E-state index contributed by atoms with van der Waals surface area (Å²) < 4.78 is 9.16. The Kier molecular flexibility index (Phi) is 9.38. The molecule has 1 amide bonds. The van der Waals surface area contributed by atoms with E-state index in [-0.39, 0.29) is 22.9 Å². The minimum atomic E-state index is -0.754. The fraction of sp³-hybridized carbons (Fsp3) is 0.0789. The molecule has 7 aromatic rings. The molecule has 0 unspecified atom stereocenters. The number of benzene rings is 3. The van der Waals surface area contributed by atoms with Gasteiger partial charge in [0.15, 0.2) is 22.6 Å². The fourth-order valence-corrected chi connectivity index (χ4v) is 6.16. The van der Waals surface area contributed by atoms with Crippen molar-refractivity contribution in [1.29, 1.82) is 0 Å². The Morgan fingerprint density at radius 2 is 1.63 bits per heavy atom. The summed E-state index contributed by atoms with van der Waals surface area (Å²) in [5.74, 6) is -0.453. The minimum Gasteiger partial charge on any atom is -0.379 e. The SMILES string of the molecule is CC(=O)c1ccc(Cc2nc3nonc3nc2N/N=C/c2cn[nH]c2-c2ccccc2)cc1.Nc1nonc1C(=O)N=Nc1c2[nH]c3c(nc-2c2ccccc12)=NCN=3. The number of nitrogens with one attached hydrogen (secondary N) is 3. The van der Waals surface area contributed by atoms with Gasteiger partial charge in [-0.15, -0.1) is 10.2 Å². The van der Waals surface area contributed by atoms with Crippen LogP contribution < -0.4 is 22.1 Å². The van der Waals surface area contributed by atoms with E-state index >= 15 is 0 Å². The van der Waals surface area contributed by atoms with Gasteiger partial charge in [0.25, 0.3) is 0 Å². The van der Waals surface area contributed by atoms with Gasteiger partial charge in [-0.05, 0) is 33.1 Å². The average Bonchev–Trinajstić information content (AvgIpc) is 4.12. The third-order valence-electron chi connectivity index (χ3n) is 9.01. The molecule has 288 valence electrons. The van der Waals surface area contributed by atoms with Crippen LogP contribution in [0.3, 0.4) is 0 Å². The number of hydrogen-bond donors (Lipinski definition) is 4. The van der Waals surface area contributed by atoms with Gasteiger partial charge in [0.05, 0.1) is 35.2 Å². The highest BCUT2D eigenvalue weighted by Crippen LogP contribution is 2.41. The normalized spacial score (nSPS) is 12.2. The Bertz CT molecular complexity index is 3170. The molecule has 5 N–H and O–H groups in total. The van der Waals surface area contributed by atoms with Gasteiger partial charge in [-0.25, -0.2) is 34.2 Å². The van der Waals surface area contributed by atoms with Crippen molar-refractivity contribution in [1.82, 2.24) is 50.8 Å². The second-order valence-electron chi connectivity index (χ2n) is 12.8. The molecule has 6 heterocycles. The minimum absolute atomic E-state index is 0.0160. The summed E-state index contributed by atoms with van der Waals surface area (Å²) in [5.41, 5.74) is 16.6. The molecule has 4 aromatic heterocycles. The Balaban J connectivity index is 0.000000156. The third-order valence-corrected chi connectivity index (χ3v) is 9.01. The molecule has 0 bridgehead atoms. The van der Waals surface area contributed by atoms with Crippen LogP contribution in [0.25, 0.3) is 44.7 Å². The Labute approximate surface area is 329 Å². The van der Waals surface area contributed by atoms with Crippen molar-refractivity contribution >= 4 is 57.3 Å². The number of nitrogens with zero attached hydrogens (tertiary/aromatic N) is 13. The average molecular weight is 786 g/mol. The highest BCUT2D eigenvalue weighted by atomic mass is 16.6. The quantitative estimate of drug-likeness (QED) is 0.0682. The van der Waals surface area contributed by atoms with E-state index in [9.17, 15) is 9.59 Å². The predicted octanol–water partition coefficient (Wildman–Crippen LogP) is 4.41. The van der Waals surface area contributed by atoms with Crippen molar-refractivity contribution in [2.45, 2.75) is 13.3 Å². The molecule has 0 atom stereocenters. The van der Waals surface area contributed by atoms with Crippen molar-refractivity contribution in [2.24, 2.45) is 25.3 Å². The van der Waals surface area contributed by atoms with E-state index in [4.69, 9.17) is 10.4 Å². The molecule has 2 aliphatic heterocycles. The molecule has 0 fully saturated rings. The number of ketones is 1. The highest BCUT2D eigenvalue weighted by molar-refractivity contribution is 6.10. The van der Waals surface area contributed by atoms with E-state index in [2.05, 4.69) is 86.1 Å². The van der Waals surface area contributed by atoms with Gasteiger partial charge in [0.1, 0.15) is 12.4 Å². The van der Waals surface area contributed by atoms with Crippen molar-refractivity contribution < 1.29 is 18.8 Å². The zero-order chi connectivity index (χ0) is 40.3. The first-order valence-electron chi connectivity index (χ1n) is 17.7. The van der Waals surface area contributed by atoms with Crippen molar-refractivity contribution in [3.05, 3.63) is 124 Å². The first-order valence-corrected chi connectivity index (χ1v) is 17.7. The molecular weight excluding hydrogens is 759 g/mol. The molecule has 0 radical (unpaired) electrons. The van der Waals surface area contributed by atoms with Gasteiger partial charge in [0, 0.05) is 33.9 Å². The topological polar surface area (TPSA) is 295 Å². The third kappa shape index (κ3) is 7.24. The number of nitrogens with two attached hydrogens (primary N) is 1. The van der Waals surface area contributed by atoms with E-state index in [0.29, 0.717) is 63.9 Å². The number of carbonyl (C=O) groups is 2. The summed E-state index contributed by atoms with van der Waals surface area (Å²) in [7, 11) is 0. The zero-order valence-corrected chi connectivity index (χ0v) is 30.6. The summed E-state index contributed by atoms with van der Waals surface area (Å²) in [6.07, 6.45) is 3.80. The smallest absolute Gasteiger partial charge is 0.321 e. The van der Waals surface area contributed by atoms with Crippen molar-refractivity contribution in [2.75, 3.05) is 17.8 Å². The number of Topliss-reactive ketones (excluding diaryl/α,β-unsaturated/α-hetero) is 1. The molecule has 21 heteroatoms. The van der Waals surface area contributed by atoms with Crippen LogP contribution in [-0.4, -0.2) is 75.3 Å². The number of fused-ring (bicyclic) bond motifs is 5. The Morgan fingerprint density at radius 3 is 2.41 bits per heavy atom. The molecule has 3 aliphatic rings. The summed E-state index contributed by atoms with van der Waals surface area (Å²) in [6.45, 7) is 1.87. The molecule has 0 spiro atoms.